The van der Waals surface area contributed by atoms with Crippen LogP contribution in [-0.4, -0.2) is 63.8 Å². The van der Waals surface area contributed by atoms with Crippen LogP contribution in [0.1, 0.15) is 15.9 Å². The van der Waals surface area contributed by atoms with Crippen molar-refractivity contribution in [1.29, 1.82) is 0 Å². The van der Waals surface area contributed by atoms with E-state index in [4.69, 9.17) is 4.74 Å². The number of benzene rings is 3. The molecule has 1 amide bonds. The molecule has 182 valence electrons. The van der Waals surface area contributed by atoms with E-state index in [0.29, 0.717) is 36.0 Å². The minimum Gasteiger partial charge on any atom is -0.454 e. The molecule has 5 rings (SSSR count). The number of hydrogen-bond acceptors (Lipinski definition) is 6. The average molecular weight is 493 g/mol. The Morgan fingerprint density at radius 2 is 1.60 bits per heavy atom. The van der Waals surface area contributed by atoms with Gasteiger partial charge in [0.15, 0.2) is 5.75 Å². The van der Waals surface area contributed by atoms with Gasteiger partial charge in [0.2, 0.25) is 10.0 Å². The number of fused-ring (bicyclic) bond motifs is 2. The molecule has 9 heteroatoms. The number of ether oxygens (including phenoxy) is 1. The summed E-state index contributed by atoms with van der Waals surface area (Å²) in [6.45, 7) is 3.74. The summed E-state index contributed by atoms with van der Waals surface area (Å²) in [6.07, 6.45) is 0. The summed E-state index contributed by atoms with van der Waals surface area (Å²) < 4.78 is 33.9. The average Bonchev–Trinajstić information content (AvgIpc) is 2.99. The van der Waals surface area contributed by atoms with Crippen molar-refractivity contribution >= 4 is 27.3 Å². The molecule has 3 aromatic rings. The Bertz CT molecular complexity index is 1350. The predicted molar refractivity (Wildman–Crippen MR) is 136 cm³/mol. The van der Waals surface area contributed by atoms with Crippen LogP contribution in [0.15, 0.2) is 71.6 Å². The SMILES string of the molecule is CN(C)S(=O)(=O)c1cc2c(cc1N1CCN(Cc3ccccc3)CC1)Oc1ccccc1NC2=O. The molecule has 0 atom stereocenters. The lowest BCUT2D eigenvalue weighted by molar-refractivity contribution is 0.102. The molecule has 0 aliphatic carbocycles. The Kier molecular flexibility index (Phi) is 6.22. The van der Waals surface area contributed by atoms with E-state index in [0.717, 1.165) is 19.6 Å². The highest BCUT2D eigenvalue weighted by molar-refractivity contribution is 7.89. The topological polar surface area (TPSA) is 82.2 Å². The number of hydrogen-bond donors (Lipinski definition) is 1. The third-order valence-corrected chi connectivity index (χ3v) is 8.23. The Balaban J connectivity index is 1.49. The van der Waals surface area contributed by atoms with E-state index in [1.807, 2.05) is 24.3 Å². The largest absolute Gasteiger partial charge is 0.454 e. The van der Waals surface area contributed by atoms with E-state index in [9.17, 15) is 13.2 Å². The molecule has 0 radical (unpaired) electrons. The van der Waals surface area contributed by atoms with Gasteiger partial charge in [-0.25, -0.2) is 12.7 Å². The summed E-state index contributed by atoms with van der Waals surface area (Å²) in [6, 6.07) is 20.6. The fraction of sp³-hybridized carbons (Fsp3) is 0.269. The van der Waals surface area contributed by atoms with Crippen molar-refractivity contribution in [2.75, 3.05) is 50.5 Å². The smallest absolute Gasteiger partial charge is 0.259 e. The fourth-order valence-corrected chi connectivity index (χ4v) is 5.53. The van der Waals surface area contributed by atoms with E-state index < -0.39 is 15.9 Å². The first-order valence-electron chi connectivity index (χ1n) is 11.5. The summed E-state index contributed by atoms with van der Waals surface area (Å²) in [5.74, 6) is 0.452. The second-order valence-electron chi connectivity index (χ2n) is 8.90. The summed E-state index contributed by atoms with van der Waals surface area (Å²) in [4.78, 5) is 17.5. The van der Waals surface area contributed by atoms with Crippen LogP contribution in [0.3, 0.4) is 0 Å². The van der Waals surface area contributed by atoms with Gasteiger partial charge >= 0.3 is 0 Å². The number of carbonyl (C=O) groups is 1. The number of nitrogens with one attached hydrogen (secondary N) is 1. The highest BCUT2D eigenvalue weighted by Crippen LogP contribution is 2.41. The first-order chi connectivity index (χ1) is 16.8. The molecule has 1 saturated heterocycles. The van der Waals surface area contributed by atoms with Gasteiger partial charge in [0.25, 0.3) is 5.91 Å². The molecule has 35 heavy (non-hydrogen) atoms. The zero-order valence-corrected chi connectivity index (χ0v) is 20.6. The fourth-order valence-electron chi connectivity index (χ4n) is 4.42. The van der Waals surface area contributed by atoms with Crippen LogP contribution in [0.4, 0.5) is 11.4 Å². The molecule has 0 spiro atoms. The van der Waals surface area contributed by atoms with Crippen molar-refractivity contribution in [3.05, 3.63) is 77.9 Å². The molecule has 2 aliphatic heterocycles. The van der Waals surface area contributed by atoms with Gasteiger partial charge in [-0.3, -0.25) is 9.69 Å². The van der Waals surface area contributed by atoms with E-state index in [-0.39, 0.29) is 10.5 Å². The zero-order valence-electron chi connectivity index (χ0n) is 19.8. The number of nitrogens with zero attached hydrogens (tertiary/aromatic N) is 3. The number of rotatable bonds is 5. The molecule has 1 N–H and O–H groups in total. The summed E-state index contributed by atoms with van der Waals surface area (Å²) in [5, 5.41) is 2.82. The van der Waals surface area contributed by atoms with Crippen LogP contribution >= 0.6 is 0 Å². The molecule has 2 heterocycles. The maximum atomic E-state index is 13.3. The molecular formula is C26H28N4O4S. The van der Waals surface area contributed by atoms with Gasteiger partial charge in [-0.1, -0.05) is 42.5 Å². The van der Waals surface area contributed by atoms with E-state index in [2.05, 4.69) is 27.2 Å². The second kappa shape index (κ2) is 9.33. The minimum absolute atomic E-state index is 0.0995. The van der Waals surface area contributed by atoms with Crippen molar-refractivity contribution in [3.63, 3.8) is 0 Å². The van der Waals surface area contributed by atoms with Crippen molar-refractivity contribution in [2.45, 2.75) is 11.4 Å². The van der Waals surface area contributed by atoms with Crippen molar-refractivity contribution < 1.29 is 17.9 Å². The van der Waals surface area contributed by atoms with Crippen molar-refractivity contribution in [2.24, 2.45) is 0 Å². The van der Waals surface area contributed by atoms with Gasteiger partial charge in [0.1, 0.15) is 10.6 Å². The quantitative estimate of drug-likeness (QED) is 0.586. The van der Waals surface area contributed by atoms with Gasteiger partial charge in [0.05, 0.1) is 16.9 Å². The van der Waals surface area contributed by atoms with Crippen LogP contribution in [0.25, 0.3) is 0 Å². The lowest BCUT2D eigenvalue weighted by Crippen LogP contribution is -2.46. The molecule has 1 fully saturated rings. The number of piperazine rings is 1. The lowest BCUT2D eigenvalue weighted by Gasteiger charge is -2.37. The monoisotopic (exact) mass is 492 g/mol. The summed E-state index contributed by atoms with van der Waals surface area (Å²) in [7, 11) is -0.823. The second-order valence-corrected chi connectivity index (χ2v) is 11.0. The standard InChI is InChI=1S/C26H28N4O4S/c1-28(2)35(32,33)25-16-20-24(34-23-11-7-6-10-21(23)27-26(20)31)17-22(25)30-14-12-29(13-15-30)18-19-8-4-3-5-9-19/h3-11,16-17H,12-15,18H2,1-2H3,(H,27,31). The first-order valence-corrected chi connectivity index (χ1v) is 13.0. The van der Waals surface area contributed by atoms with Gasteiger partial charge in [-0.05, 0) is 23.8 Å². The van der Waals surface area contributed by atoms with Gasteiger partial charge in [0, 0.05) is 52.9 Å². The van der Waals surface area contributed by atoms with E-state index in [1.165, 1.54) is 30.0 Å². The van der Waals surface area contributed by atoms with Crippen LogP contribution in [0.5, 0.6) is 11.5 Å². The Labute approximate surface area is 205 Å². The van der Waals surface area contributed by atoms with E-state index >= 15 is 0 Å². The first kappa shape index (κ1) is 23.3. The van der Waals surface area contributed by atoms with Crippen LogP contribution in [0.2, 0.25) is 0 Å². The third-order valence-electron chi connectivity index (χ3n) is 6.38. The summed E-state index contributed by atoms with van der Waals surface area (Å²) in [5.41, 5.74) is 2.53. The Morgan fingerprint density at radius 1 is 0.914 bits per heavy atom. The van der Waals surface area contributed by atoms with Crippen LogP contribution < -0.4 is 15.0 Å². The Hall–Kier alpha value is -3.40. The zero-order chi connectivity index (χ0) is 24.6. The van der Waals surface area contributed by atoms with Gasteiger partial charge < -0.3 is 15.0 Å². The maximum Gasteiger partial charge on any atom is 0.259 e. The van der Waals surface area contributed by atoms with Crippen LogP contribution in [-0.2, 0) is 16.6 Å². The molecule has 0 saturated carbocycles. The number of amides is 1. The number of sulfonamides is 1. The summed E-state index contributed by atoms with van der Waals surface area (Å²) >= 11 is 0. The van der Waals surface area contributed by atoms with Gasteiger partial charge in [-0.15, -0.1) is 0 Å². The maximum absolute atomic E-state index is 13.3. The molecule has 3 aromatic carbocycles. The lowest BCUT2D eigenvalue weighted by atomic mass is 10.1. The molecule has 0 aromatic heterocycles. The molecule has 0 unspecified atom stereocenters. The number of anilines is 2. The highest BCUT2D eigenvalue weighted by Gasteiger charge is 2.31. The Morgan fingerprint density at radius 3 is 2.31 bits per heavy atom. The minimum atomic E-state index is -3.81. The highest BCUT2D eigenvalue weighted by atomic mass is 32.2. The van der Waals surface area contributed by atoms with Crippen molar-refractivity contribution in [3.8, 4) is 11.5 Å². The molecule has 8 nitrogen and oxygen atoms in total. The molecular weight excluding hydrogens is 464 g/mol. The number of para-hydroxylation sites is 2. The van der Waals surface area contributed by atoms with Gasteiger partial charge in [-0.2, -0.15) is 0 Å². The number of carbonyl (C=O) groups excluding carboxylic acids is 1. The third kappa shape index (κ3) is 4.62. The molecule has 0 bridgehead atoms. The van der Waals surface area contributed by atoms with E-state index in [1.54, 1.807) is 24.3 Å². The van der Waals surface area contributed by atoms with Crippen molar-refractivity contribution in [1.82, 2.24) is 9.21 Å². The predicted octanol–water partition coefficient (Wildman–Crippen LogP) is 3.62. The normalized spacial score (nSPS) is 16.2. The molecule has 2 aliphatic rings. The van der Waals surface area contributed by atoms with Crippen LogP contribution in [0, 0.1) is 0 Å².